The summed E-state index contributed by atoms with van der Waals surface area (Å²) in [5.41, 5.74) is 1.77. The molecule has 0 spiro atoms. The Balaban J connectivity index is 1.86. The number of sulfonamides is 1. The molecule has 1 amide bonds. The average Bonchev–Trinajstić information content (AvgIpc) is 2.88. The molecule has 1 aliphatic rings. The third-order valence-corrected chi connectivity index (χ3v) is 5.87. The number of hydrogen-bond acceptors (Lipinski definition) is 6. The highest BCUT2D eigenvalue weighted by Crippen LogP contribution is 2.34. The molecule has 154 valence electrons. The van der Waals surface area contributed by atoms with Gasteiger partial charge in [0.1, 0.15) is 5.75 Å². The van der Waals surface area contributed by atoms with Crippen molar-refractivity contribution in [1.29, 1.82) is 0 Å². The van der Waals surface area contributed by atoms with Crippen molar-refractivity contribution in [3.05, 3.63) is 53.6 Å². The van der Waals surface area contributed by atoms with Crippen LogP contribution in [0.1, 0.15) is 22.3 Å². The highest BCUT2D eigenvalue weighted by molar-refractivity contribution is 7.92. The molecular weight excluding hydrogens is 396 g/mol. The van der Waals surface area contributed by atoms with Crippen molar-refractivity contribution in [3.8, 4) is 5.75 Å². The van der Waals surface area contributed by atoms with Crippen LogP contribution in [-0.2, 0) is 19.6 Å². The van der Waals surface area contributed by atoms with Crippen LogP contribution in [-0.4, -0.2) is 46.3 Å². The van der Waals surface area contributed by atoms with Gasteiger partial charge in [-0.1, -0.05) is 18.2 Å². The lowest BCUT2D eigenvalue weighted by Crippen LogP contribution is -2.36. The van der Waals surface area contributed by atoms with Gasteiger partial charge < -0.3 is 14.8 Å². The number of methoxy groups -OCH3 is 1. The first-order chi connectivity index (χ1) is 13.7. The molecule has 8 nitrogen and oxygen atoms in total. The summed E-state index contributed by atoms with van der Waals surface area (Å²) in [5.74, 6) is -0.613. The Bertz CT molecular complexity index is 1050. The number of para-hydroxylation sites is 2. The second-order valence-electron chi connectivity index (χ2n) is 6.66. The van der Waals surface area contributed by atoms with Gasteiger partial charge in [-0.2, -0.15) is 0 Å². The minimum atomic E-state index is -3.53. The number of carbonyl (C=O) groups is 2. The quantitative estimate of drug-likeness (QED) is 0.765. The maximum Gasteiger partial charge on any atom is 0.338 e. The minimum absolute atomic E-state index is 0.106. The fourth-order valence-electron chi connectivity index (χ4n) is 3.17. The number of fused-ring (bicyclic) bond motifs is 1. The monoisotopic (exact) mass is 418 g/mol. The zero-order valence-electron chi connectivity index (χ0n) is 16.3. The van der Waals surface area contributed by atoms with Crippen LogP contribution in [0, 0.1) is 6.92 Å². The normalized spacial score (nSPS) is 16.2. The Morgan fingerprint density at radius 2 is 1.90 bits per heavy atom. The van der Waals surface area contributed by atoms with E-state index in [4.69, 9.17) is 9.47 Å². The summed E-state index contributed by atoms with van der Waals surface area (Å²) in [7, 11) is -2.24. The van der Waals surface area contributed by atoms with E-state index in [0.717, 1.165) is 6.26 Å². The second-order valence-corrected chi connectivity index (χ2v) is 8.56. The molecule has 1 atom stereocenters. The lowest BCUT2D eigenvalue weighted by Gasteiger charge is -2.20. The smallest absolute Gasteiger partial charge is 0.338 e. The standard InChI is InChI=1S/C20H22N2O6S/c1-13-14(20(24)27-2)7-6-8-15(13)21-19(23)18-11-12-22(29(3,25)26)16-9-4-5-10-17(16)28-18/h4-10,18H,11-12H2,1-3H3,(H,21,23). The first kappa shape index (κ1) is 20.7. The van der Waals surface area contributed by atoms with Gasteiger partial charge in [0, 0.05) is 18.7 Å². The van der Waals surface area contributed by atoms with E-state index in [-0.39, 0.29) is 13.0 Å². The molecule has 29 heavy (non-hydrogen) atoms. The van der Waals surface area contributed by atoms with Crippen LogP contribution in [0.4, 0.5) is 11.4 Å². The Morgan fingerprint density at radius 1 is 1.17 bits per heavy atom. The van der Waals surface area contributed by atoms with Crippen LogP contribution in [0.15, 0.2) is 42.5 Å². The lowest BCUT2D eigenvalue weighted by molar-refractivity contribution is -0.122. The Labute approximate surface area is 169 Å². The molecular formula is C20H22N2O6S. The van der Waals surface area contributed by atoms with Gasteiger partial charge in [-0.3, -0.25) is 9.10 Å². The number of anilines is 2. The van der Waals surface area contributed by atoms with Gasteiger partial charge in [-0.05, 0) is 36.8 Å². The molecule has 1 N–H and O–H groups in total. The van der Waals surface area contributed by atoms with Gasteiger partial charge in [0.2, 0.25) is 10.0 Å². The highest BCUT2D eigenvalue weighted by atomic mass is 32.2. The van der Waals surface area contributed by atoms with Crippen molar-refractivity contribution in [2.24, 2.45) is 0 Å². The van der Waals surface area contributed by atoms with Gasteiger partial charge >= 0.3 is 5.97 Å². The van der Waals surface area contributed by atoms with E-state index in [1.54, 1.807) is 49.4 Å². The maximum absolute atomic E-state index is 12.9. The van der Waals surface area contributed by atoms with Crippen LogP contribution in [0.5, 0.6) is 5.75 Å². The number of esters is 1. The zero-order chi connectivity index (χ0) is 21.2. The molecule has 0 radical (unpaired) electrons. The zero-order valence-corrected chi connectivity index (χ0v) is 17.2. The van der Waals surface area contributed by atoms with E-state index in [2.05, 4.69) is 5.32 Å². The number of ether oxygens (including phenoxy) is 2. The van der Waals surface area contributed by atoms with Crippen molar-refractivity contribution in [2.45, 2.75) is 19.4 Å². The molecule has 0 bridgehead atoms. The maximum atomic E-state index is 12.9. The minimum Gasteiger partial charge on any atom is -0.478 e. The SMILES string of the molecule is COC(=O)c1cccc(NC(=O)C2CCN(S(C)(=O)=O)c3ccccc3O2)c1C. The van der Waals surface area contributed by atoms with Crippen LogP contribution in [0.2, 0.25) is 0 Å². The number of nitrogens with one attached hydrogen (secondary N) is 1. The van der Waals surface area contributed by atoms with Crippen molar-refractivity contribution in [3.63, 3.8) is 0 Å². The molecule has 2 aromatic carbocycles. The fraction of sp³-hybridized carbons (Fsp3) is 0.300. The number of rotatable bonds is 4. The summed E-state index contributed by atoms with van der Waals surface area (Å²) >= 11 is 0. The molecule has 2 aromatic rings. The van der Waals surface area contributed by atoms with Crippen LogP contribution < -0.4 is 14.4 Å². The van der Waals surface area contributed by atoms with Crippen molar-refractivity contribution in [2.75, 3.05) is 29.5 Å². The highest BCUT2D eigenvalue weighted by Gasteiger charge is 2.31. The largest absolute Gasteiger partial charge is 0.478 e. The third-order valence-electron chi connectivity index (χ3n) is 4.69. The molecule has 0 saturated carbocycles. The number of nitrogens with zero attached hydrogens (tertiary/aromatic N) is 1. The Kier molecular flexibility index (Phi) is 5.78. The number of amides is 1. The molecule has 1 unspecified atom stereocenters. The summed E-state index contributed by atoms with van der Waals surface area (Å²) in [4.78, 5) is 24.7. The van der Waals surface area contributed by atoms with Crippen LogP contribution in [0.25, 0.3) is 0 Å². The first-order valence-corrected chi connectivity index (χ1v) is 10.8. The number of hydrogen-bond donors (Lipinski definition) is 1. The van der Waals surface area contributed by atoms with E-state index in [1.165, 1.54) is 11.4 Å². The van der Waals surface area contributed by atoms with Crippen LogP contribution >= 0.6 is 0 Å². The van der Waals surface area contributed by atoms with Gasteiger partial charge in [-0.25, -0.2) is 13.2 Å². The van der Waals surface area contributed by atoms with Gasteiger partial charge in [0.05, 0.1) is 24.6 Å². The van der Waals surface area contributed by atoms with Gasteiger partial charge in [-0.15, -0.1) is 0 Å². The molecule has 0 aromatic heterocycles. The lowest BCUT2D eigenvalue weighted by atomic mass is 10.1. The molecule has 3 rings (SSSR count). The summed E-state index contributed by atoms with van der Waals surface area (Å²) in [6.07, 6.45) is 0.388. The predicted octanol–water partition coefficient (Wildman–Crippen LogP) is 2.34. The van der Waals surface area contributed by atoms with Crippen molar-refractivity contribution in [1.82, 2.24) is 0 Å². The molecule has 9 heteroatoms. The summed E-state index contributed by atoms with van der Waals surface area (Å²) in [6, 6.07) is 11.6. The average molecular weight is 418 g/mol. The van der Waals surface area contributed by atoms with Gasteiger partial charge in [0.25, 0.3) is 5.91 Å². The molecule has 0 aliphatic carbocycles. The Morgan fingerprint density at radius 3 is 2.59 bits per heavy atom. The van der Waals surface area contributed by atoms with Crippen molar-refractivity contribution < 1.29 is 27.5 Å². The van der Waals surface area contributed by atoms with E-state index in [9.17, 15) is 18.0 Å². The third kappa shape index (κ3) is 4.34. The second kappa shape index (κ2) is 8.12. The van der Waals surface area contributed by atoms with E-state index in [0.29, 0.717) is 28.3 Å². The van der Waals surface area contributed by atoms with Crippen molar-refractivity contribution >= 4 is 33.3 Å². The summed E-state index contributed by atoms with van der Waals surface area (Å²) in [6.45, 7) is 1.81. The summed E-state index contributed by atoms with van der Waals surface area (Å²) in [5, 5.41) is 2.77. The van der Waals surface area contributed by atoms with E-state index < -0.39 is 28.0 Å². The predicted molar refractivity (Wildman–Crippen MR) is 109 cm³/mol. The number of benzene rings is 2. The summed E-state index contributed by atoms with van der Waals surface area (Å²) < 4.78 is 36.2. The van der Waals surface area contributed by atoms with E-state index >= 15 is 0 Å². The fourth-order valence-corrected chi connectivity index (χ4v) is 4.12. The topological polar surface area (TPSA) is 102 Å². The molecule has 1 aliphatic heterocycles. The molecule has 0 fully saturated rings. The van der Waals surface area contributed by atoms with E-state index in [1.807, 2.05) is 0 Å². The number of carbonyl (C=O) groups excluding carboxylic acids is 2. The Hall–Kier alpha value is -3.07. The molecule has 0 saturated heterocycles. The molecule has 1 heterocycles. The van der Waals surface area contributed by atoms with Crippen LogP contribution in [0.3, 0.4) is 0 Å². The first-order valence-electron chi connectivity index (χ1n) is 8.94. The van der Waals surface area contributed by atoms with Gasteiger partial charge in [0.15, 0.2) is 6.10 Å².